The predicted molar refractivity (Wildman–Crippen MR) is 117 cm³/mol. The minimum Gasteiger partial charge on any atom is -0.268 e. The summed E-state index contributed by atoms with van der Waals surface area (Å²) in [4.78, 5) is 8.43. The molecule has 4 rings (SSSR count). The second-order valence-electron chi connectivity index (χ2n) is 6.52. The van der Waals surface area contributed by atoms with Crippen molar-refractivity contribution in [1.29, 1.82) is 0 Å². The normalized spacial score (nSPS) is 15.0. The highest BCUT2D eigenvalue weighted by Crippen LogP contribution is 2.38. The summed E-state index contributed by atoms with van der Waals surface area (Å²) in [6.45, 7) is 0. The molecule has 2 heterocycles. The first kappa shape index (κ1) is 21.6. The van der Waals surface area contributed by atoms with Gasteiger partial charge in [-0.3, -0.25) is 14.1 Å². The molecule has 0 unspecified atom stereocenters. The van der Waals surface area contributed by atoms with Gasteiger partial charge in [-0.15, -0.1) is 8.83 Å². The number of hydrogen-bond acceptors (Lipinski definition) is 6. The fourth-order valence-corrected chi connectivity index (χ4v) is 4.99. The summed E-state index contributed by atoms with van der Waals surface area (Å²) in [7, 11) is -10.6. The Labute approximate surface area is 184 Å². The van der Waals surface area contributed by atoms with E-state index < -0.39 is 26.4 Å². The monoisotopic (exact) mass is 472 g/mol. The standard InChI is InChI=1S/C20H16N4O6S2/c25-31(26,27)23-19(16-11-5-2-6-12-16)18(15-9-3-1-4-10-15)22-20(24(23)32(28,29)30)17-13-7-8-14-21-17/h1-14H,(H,25,26,27)(H,28,29,30). The molecule has 1 aromatic heterocycles. The van der Waals surface area contributed by atoms with Crippen molar-refractivity contribution in [2.45, 2.75) is 0 Å². The van der Waals surface area contributed by atoms with E-state index >= 15 is 0 Å². The number of aliphatic imine (C=N–C) groups is 1. The van der Waals surface area contributed by atoms with Crippen LogP contribution in [-0.4, -0.2) is 45.6 Å². The van der Waals surface area contributed by atoms with Crippen molar-refractivity contribution in [3.05, 3.63) is 102 Å². The molecule has 1 aliphatic heterocycles. The van der Waals surface area contributed by atoms with Crippen LogP contribution in [0, 0.1) is 0 Å². The molecule has 0 bridgehead atoms. The molecule has 3 aromatic rings. The van der Waals surface area contributed by atoms with Crippen LogP contribution < -0.4 is 0 Å². The van der Waals surface area contributed by atoms with E-state index in [0.29, 0.717) is 5.56 Å². The van der Waals surface area contributed by atoms with Crippen molar-refractivity contribution in [2.75, 3.05) is 0 Å². The smallest absolute Gasteiger partial charge is 0.268 e. The number of aromatic nitrogens is 1. The van der Waals surface area contributed by atoms with Crippen LogP contribution in [0.1, 0.15) is 16.8 Å². The molecular weight excluding hydrogens is 456 g/mol. The molecular formula is C20H16N4O6S2. The van der Waals surface area contributed by atoms with Gasteiger partial charge in [0.25, 0.3) is 0 Å². The Morgan fingerprint density at radius 3 is 1.69 bits per heavy atom. The average molecular weight is 473 g/mol. The van der Waals surface area contributed by atoms with E-state index in [1.807, 2.05) is 0 Å². The summed E-state index contributed by atoms with van der Waals surface area (Å²) in [5, 5.41) is 0. The summed E-state index contributed by atoms with van der Waals surface area (Å²) >= 11 is 0. The van der Waals surface area contributed by atoms with Gasteiger partial charge in [0.05, 0.1) is 0 Å². The predicted octanol–water partition coefficient (Wildman–Crippen LogP) is 2.49. The Kier molecular flexibility index (Phi) is 5.52. The van der Waals surface area contributed by atoms with Gasteiger partial charge >= 0.3 is 20.6 Å². The molecule has 0 aliphatic carbocycles. The third-order valence-electron chi connectivity index (χ3n) is 4.40. The lowest BCUT2D eigenvalue weighted by Crippen LogP contribution is -2.53. The van der Waals surface area contributed by atoms with Crippen molar-refractivity contribution >= 4 is 37.8 Å². The van der Waals surface area contributed by atoms with Gasteiger partial charge in [-0.1, -0.05) is 66.7 Å². The van der Waals surface area contributed by atoms with Crippen LogP contribution in [0.15, 0.2) is 90.1 Å². The number of hydrogen-bond donors (Lipinski definition) is 2. The summed E-state index contributed by atoms with van der Waals surface area (Å²) in [6, 6.07) is 20.8. The maximum atomic E-state index is 12.5. The zero-order valence-corrected chi connectivity index (χ0v) is 17.8. The molecule has 10 nitrogen and oxygen atoms in total. The molecule has 0 saturated heterocycles. The number of rotatable bonds is 5. The first-order chi connectivity index (χ1) is 15.2. The van der Waals surface area contributed by atoms with E-state index in [0.717, 1.165) is 0 Å². The number of benzene rings is 2. The summed E-state index contributed by atoms with van der Waals surface area (Å²) in [6.07, 6.45) is 1.34. The molecule has 2 N–H and O–H groups in total. The molecule has 0 radical (unpaired) electrons. The Morgan fingerprint density at radius 1 is 0.656 bits per heavy atom. The van der Waals surface area contributed by atoms with E-state index in [4.69, 9.17) is 0 Å². The number of amidine groups is 1. The number of hydrazine groups is 1. The minimum atomic E-state index is -5.29. The van der Waals surface area contributed by atoms with Crippen molar-refractivity contribution in [1.82, 2.24) is 13.8 Å². The van der Waals surface area contributed by atoms with Crippen LogP contribution in [0.25, 0.3) is 11.4 Å². The van der Waals surface area contributed by atoms with Crippen LogP contribution in [0.5, 0.6) is 0 Å². The Bertz CT molecular complexity index is 1410. The zero-order valence-electron chi connectivity index (χ0n) is 16.2. The Balaban J connectivity index is 2.17. The van der Waals surface area contributed by atoms with Crippen LogP contribution in [0.3, 0.4) is 0 Å². The quantitative estimate of drug-likeness (QED) is 0.544. The van der Waals surface area contributed by atoms with Gasteiger partial charge in [0.15, 0.2) is 5.84 Å². The first-order valence-corrected chi connectivity index (χ1v) is 11.9. The maximum Gasteiger partial charge on any atom is 0.380 e. The maximum absolute atomic E-state index is 12.5. The van der Waals surface area contributed by atoms with E-state index in [9.17, 15) is 25.9 Å². The van der Waals surface area contributed by atoms with Crippen molar-refractivity contribution in [3.8, 4) is 0 Å². The average Bonchev–Trinajstić information content (AvgIpc) is 2.78. The van der Waals surface area contributed by atoms with Gasteiger partial charge in [-0.2, -0.15) is 16.8 Å². The Hall–Kier alpha value is -3.58. The first-order valence-electron chi connectivity index (χ1n) is 9.08. The lowest BCUT2D eigenvalue weighted by atomic mass is 10.0. The fourth-order valence-electron chi connectivity index (χ4n) is 3.17. The lowest BCUT2D eigenvalue weighted by molar-refractivity contribution is 0.270. The number of pyridine rings is 1. The zero-order chi connectivity index (χ0) is 22.9. The third kappa shape index (κ3) is 4.11. The second-order valence-corrected chi connectivity index (χ2v) is 9.00. The summed E-state index contributed by atoms with van der Waals surface area (Å²) < 4.78 is 70.0. The molecule has 32 heavy (non-hydrogen) atoms. The van der Waals surface area contributed by atoms with Crippen LogP contribution in [0.2, 0.25) is 0 Å². The van der Waals surface area contributed by atoms with Crippen molar-refractivity contribution in [2.24, 2.45) is 4.99 Å². The third-order valence-corrected chi connectivity index (χ3v) is 6.06. The molecule has 12 heteroatoms. The molecule has 0 fully saturated rings. The fraction of sp³-hybridized carbons (Fsp3) is 0. The van der Waals surface area contributed by atoms with Crippen molar-refractivity contribution in [3.63, 3.8) is 0 Å². The minimum absolute atomic E-state index is 0.000556. The summed E-state index contributed by atoms with van der Waals surface area (Å²) in [5.74, 6) is -0.524. The number of nitrogens with zero attached hydrogens (tertiary/aromatic N) is 4. The molecule has 0 saturated carbocycles. The van der Waals surface area contributed by atoms with Gasteiger partial charge in [-0.25, -0.2) is 4.99 Å². The van der Waals surface area contributed by atoms with E-state index in [1.165, 1.54) is 30.5 Å². The molecule has 1 aliphatic rings. The molecule has 0 atom stereocenters. The van der Waals surface area contributed by atoms with E-state index in [2.05, 4.69) is 9.98 Å². The van der Waals surface area contributed by atoms with Crippen LogP contribution in [0.4, 0.5) is 0 Å². The SMILES string of the molecule is O=S(=O)(O)N1C(c2ccccn2)=NC(c2ccccc2)=C(c2ccccc2)N1S(=O)(=O)O. The topological polar surface area (TPSA) is 140 Å². The van der Waals surface area contributed by atoms with Gasteiger partial charge in [-0.05, 0) is 12.1 Å². The second kappa shape index (κ2) is 8.16. The van der Waals surface area contributed by atoms with E-state index in [1.54, 1.807) is 54.6 Å². The lowest BCUT2D eigenvalue weighted by Gasteiger charge is -2.37. The molecule has 0 amide bonds. The Morgan fingerprint density at radius 2 is 1.19 bits per heavy atom. The highest BCUT2D eigenvalue weighted by atomic mass is 32.2. The highest BCUT2D eigenvalue weighted by Gasteiger charge is 2.44. The largest absolute Gasteiger partial charge is 0.380 e. The summed E-state index contributed by atoms with van der Waals surface area (Å²) in [5.41, 5.74) is 0.357. The van der Waals surface area contributed by atoms with Gasteiger partial charge in [0.2, 0.25) is 0 Å². The molecule has 164 valence electrons. The van der Waals surface area contributed by atoms with E-state index in [-0.39, 0.29) is 31.5 Å². The van der Waals surface area contributed by atoms with Gasteiger partial charge in [0, 0.05) is 17.3 Å². The van der Waals surface area contributed by atoms with Crippen LogP contribution in [-0.2, 0) is 20.6 Å². The van der Waals surface area contributed by atoms with Gasteiger partial charge in [0.1, 0.15) is 17.1 Å². The molecule has 2 aromatic carbocycles. The van der Waals surface area contributed by atoms with Crippen molar-refractivity contribution < 1.29 is 25.9 Å². The highest BCUT2D eigenvalue weighted by molar-refractivity contribution is 7.87. The molecule has 0 spiro atoms. The van der Waals surface area contributed by atoms with Gasteiger partial charge < -0.3 is 0 Å². The van der Waals surface area contributed by atoms with Crippen LogP contribution >= 0.6 is 0 Å².